The molecule has 3 aliphatic rings. The normalized spacial score (nSPS) is 26.5. The van der Waals surface area contributed by atoms with Gasteiger partial charge in [-0.2, -0.15) is 0 Å². The minimum Gasteiger partial charge on any atom is -0.384 e. The van der Waals surface area contributed by atoms with Gasteiger partial charge in [0, 0.05) is 19.1 Å². The van der Waals surface area contributed by atoms with Crippen molar-refractivity contribution in [2.45, 2.75) is 51.4 Å². The number of aromatic nitrogens is 3. The molecule has 1 aromatic heterocycles. The van der Waals surface area contributed by atoms with Crippen molar-refractivity contribution in [3.8, 4) is 0 Å². The molecule has 2 N–H and O–H groups in total. The number of piperidine rings is 3. The maximum absolute atomic E-state index is 13.0. The highest BCUT2D eigenvalue weighted by Crippen LogP contribution is 2.37. The van der Waals surface area contributed by atoms with Crippen LogP contribution in [0.2, 0.25) is 0 Å². The summed E-state index contributed by atoms with van der Waals surface area (Å²) in [5, 5.41) is 21.3. The van der Waals surface area contributed by atoms with E-state index in [1.807, 2.05) is 0 Å². The fraction of sp³-hybridized carbons (Fsp3) is 0.571. The van der Waals surface area contributed by atoms with Gasteiger partial charge in [0.05, 0.1) is 18.7 Å². The fourth-order valence-corrected chi connectivity index (χ4v) is 4.43. The van der Waals surface area contributed by atoms with Crippen molar-refractivity contribution in [3.63, 3.8) is 0 Å². The standard InChI is InChI=1S/C21H28FN5O2/c1-21(2,29)19-13-27(25-24-19)11-17-9-15-7-8-26(17)12-18(15)20(28)23-10-14-3-5-16(22)6-4-14/h3-6,13,15,17-18,29H,7-12H2,1-2H3,(H,23,28)/t15?,17-,18+/m1/s1. The third-order valence-corrected chi connectivity index (χ3v) is 6.16. The van der Waals surface area contributed by atoms with E-state index in [4.69, 9.17) is 0 Å². The first-order chi connectivity index (χ1) is 13.8. The summed E-state index contributed by atoms with van der Waals surface area (Å²) < 4.78 is 14.8. The lowest BCUT2D eigenvalue weighted by molar-refractivity contribution is -0.133. The second-order valence-electron chi connectivity index (χ2n) is 8.77. The maximum atomic E-state index is 13.0. The maximum Gasteiger partial charge on any atom is 0.224 e. The molecule has 1 amide bonds. The van der Waals surface area contributed by atoms with Crippen molar-refractivity contribution in [1.82, 2.24) is 25.2 Å². The van der Waals surface area contributed by atoms with Crippen LogP contribution in [0.5, 0.6) is 0 Å². The van der Waals surface area contributed by atoms with E-state index < -0.39 is 5.60 Å². The molecule has 2 bridgehead atoms. The van der Waals surface area contributed by atoms with Crippen molar-refractivity contribution in [2.24, 2.45) is 11.8 Å². The molecule has 4 heterocycles. The molecule has 4 atom stereocenters. The first-order valence-corrected chi connectivity index (χ1v) is 10.2. The molecule has 3 saturated heterocycles. The Morgan fingerprint density at radius 2 is 2.10 bits per heavy atom. The number of hydrogen-bond acceptors (Lipinski definition) is 5. The van der Waals surface area contributed by atoms with Gasteiger partial charge < -0.3 is 10.4 Å². The number of carbonyl (C=O) groups is 1. The van der Waals surface area contributed by atoms with Gasteiger partial charge in [0.15, 0.2) is 0 Å². The van der Waals surface area contributed by atoms with E-state index in [0.717, 1.165) is 31.5 Å². The van der Waals surface area contributed by atoms with Gasteiger partial charge in [-0.25, -0.2) is 4.39 Å². The molecule has 0 spiro atoms. The van der Waals surface area contributed by atoms with E-state index in [1.54, 1.807) is 36.9 Å². The second-order valence-corrected chi connectivity index (χ2v) is 8.77. The molecule has 7 nitrogen and oxygen atoms in total. The van der Waals surface area contributed by atoms with Crippen LogP contribution in [0.25, 0.3) is 0 Å². The monoisotopic (exact) mass is 401 g/mol. The number of halogens is 1. The lowest BCUT2D eigenvalue weighted by Crippen LogP contribution is -2.58. The van der Waals surface area contributed by atoms with Gasteiger partial charge in [-0.05, 0) is 56.8 Å². The number of amides is 1. The van der Waals surface area contributed by atoms with Crippen LogP contribution in [0.4, 0.5) is 4.39 Å². The van der Waals surface area contributed by atoms with Crippen molar-refractivity contribution in [3.05, 3.63) is 47.5 Å². The van der Waals surface area contributed by atoms with Crippen molar-refractivity contribution in [1.29, 1.82) is 0 Å². The molecule has 1 aromatic carbocycles. The zero-order chi connectivity index (χ0) is 20.6. The summed E-state index contributed by atoms with van der Waals surface area (Å²) >= 11 is 0. The lowest BCUT2D eigenvalue weighted by atomic mass is 9.75. The molecular formula is C21H28FN5O2. The summed E-state index contributed by atoms with van der Waals surface area (Å²) in [5.41, 5.74) is 0.455. The fourth-order valence-electron chi connectivity index (χ4n) is 4.43. The molecule has 8 heteroatoms. The highest BCUT2D eigenvalue weighted by atomic mass is 19.1. The molecule has 5 rings (SSSR count). The van der Waals surface area contributed by atoms with Gasteiger partial charge in [0.2, 0.25) is 5.91 Å². The predicted molar refractivity (Wildman–Crippen MR) is 105 cm³/mol. The number of benzene rings is 1. The minimum atomic E-state index is -1.00. The van der Waals surface area contributed by atoms with Crippen LogP contribution in [-0.4, -0.2) is 50.0 Å². The van der Waals surface area contributed by atoms with Gasteiger partial charge >= 0.3 is 0 Å². The van der Waals surface area contributed by atoms with Gasteiger partial charge in [-0.1, -0.05) is 17.3 Å². The van der Waals surface area contributed by atoms with Crippen LogP contribution in [0.15, 0.2) is 30.5 Å². The minimum absolute atomic E-state index is 0.0110. The van der Waals surface area contributed by atoms with Crippen LogP contribution in [0, 0.1) is 17.7 Å². The first kappa shape index (κ1) is 20.0. The summed E-state index contributed by atoms with van der Waals surface area (Å²) in [6.07, 6.45) is 3.78. The molecule has 0 saturated carbocycles. The van der Waals surface area contributed by atoms with Crippen LogP contribution >= 0.6 is 0 Å². The van der Waals surface area contributed by atoms with E-state index >= 15 is 0 Å². The van der Waals surface area contributed by atoms with E-state index in [0.29, 0.717) is 30.7 Å². The molecule has 29 heavy (non-hydrogen) atoms. The van der Waals surface area contributed by atoms with Gasteiger partial charge in [0.1, 0.15) is 17.1 Å². The van der Waals surface area contributed by atoms with Crippen molar-refractivity contribution < 1.29 is 14.3 Å². The molecule has 3 fully saturated rings. The van der Waals surface area contributed by atoms with Crippen molar-refractivity contribution >= 4 is 5.91 Å². The Labute approximate surface area is 169 Å². The zero-order valence-corrected chi connectivity index (χ0v) is 16.9. The zero-order valence-electron chi connectivity index (χ0n) is 16.9. The number of rotatable bonds is 6. The molecule has 3 aliphatic heterocycles. The number of hydrogen-bond donors (Lipinski definition) is 2. The highest BCUT2D eigenvalue weighted by molar-refractivity contribution is 5.79. The number of aliphatic hydroxyl groups is 1. The SMILES string of the molecule is CC(C)(O)c1cn(C[C@H]2CC3CCN2C[C@@H]3C(=O)NCc2ccc(F)cc2)nn1. The Morgan fingerprint density at radius 3 is 2.72 bits per heavy atom. The van der Waals surface area contributed by atoms with E-state index in [2.05, 4.69) is 20.5 Å². The Kier molecular flexibility index (Phi) is 5.40. The number of nitrogens with zero attached hydrogens (tertiary/aromatic N) is 4. The molecular weight excluding hydrogens is 373 g/mol. The van der Waals surface area contributed by atoms with Crippen LogP contribution in [0.1, 0.15) is 37.9 Å². The summed E-state index contributed by atoms with van der Waals surface area (Å²) in [6, 6.07) is 6.54. The Hall–Kier alpha value is -2.32. The predicted octanol–water partition coefficient (Wildman–Crippen LogP) is 1.67. The highest BCUT2D eigenvalue weighted by Gasteiger charge is 2.43. The number of carbonyl (C=O) groups excluding carboxylic acids is 1. The van der Waals surface area contributed by atoms with Gasteiger partial charge in [-0.15, -0.1) is 5.10 Å². The number of nitrogens with one attached hydrogen (secondary N) is 1. The molecule has 2 aromatic rings. The van der Waals surface area contributed by atoms with E-state index in [1.165, 1.54) is 12.1 Å². The Bertz CT molecular complexity index is 861. The Morgan fingerprint density at radius 1 is 1.34 bits per heavy atom. The van der Waals surface area contributed by atoms with Crippen LogP contribution in [0.3, 0.4) is 0 Å². The summed E-state index contributed by atoms with van der Waals surface area (Å²) in [7, 11) is 0. The molecule has 2 unspecified atom stereocenters. The quantitative estimate of drug-likeness (QED) is 0.769. The summed E-state index contributed by atoms with van der Waals surface area (Å²) in [4.78, 5) is 15.1. The summed E-state index contributed by atoms with van der Waals surface area (Å²) in [6.45, 7) is 6.26. The Balaban J connectivity index is 1.33. The smallest absolute Gasteiger partial charge is 0.224 e. The molecule has 0 aliphatic carbocycles. The van der Waals surface area contributed by atoms with E-state index in [-0.39, 0.29) is 17.6 Å². The second kappa shape index (κ2) is 7.84. The number of fused-ring (bicyclic) bond motifs is 3. The van der Waals surface area contributed by atoms with Gasteiger partial charge in [-0.3, -0.25) is 14.4 Å². The van der Waals surface area contributed by atoms with Crippen LogP contribution < -0.4 is 5.32 Å². The lowest BCUT2D eigenvalue weighted by Gasteiger charge is -2.49. The van der Waals surface area contributed by atoms with Crippen molar-refractivity contribution in [2.75, 3.05) is 13.1 Å². The molecule has 0 radical (unpaired) electrons. The first-order valence-electron chi connectivity index (χ1n) is 10.2. The van der Waals surface area contributed by atoms with Gasteiger partial charge in [0.25, 0.3) is 0 Å². The molecule has 156 valence electrons. The topological polar surface area (TPSA) is 83.3 Å². The largest absolute Gasteiger partial charge is 0.384 e. The van der Waals surface area contributed by atoms with Crippen LogP contribution in [-0.2, 0) is 23.5 Å². The van der Waals surface area contributed by atoms with E-state index in [9.17, 15) is 14.3 Å². The average Bonchev–Trinajstić information content (AvgIpc) is 3.17. The third kappa shape index (κ3) is 4.48. The third-order valence-electron chi connectivity index (χ3n) is 6.16. The summed E-state index contributed by atoms with van der Waals surface area (Å²) in [5.74, 6) is 0.150. The average molecular weight is 401 g/mol.